The van der Waals surface area contributed by atoms with Gasteiger partial charge in [0.2, 0.25) is 15.9 Å². The molecule has 192 valence electrons. The van der Waals surface area contributed by atoms with E-state index in [1.807, 2.05) is 6.07 Å². The number of ether oxygens (including phenoxy) is 1. The van der Waals surface area contributed by atoms with Gasteiger partial charge in [-0.15, -0.1) is 0 Å². The number of amides is 1. The van der Waals surface area contributed by atoms with Crippen molar-refractivity contribution in [3.05, 3.63) is 99.2 Å². The van der Waals surface area contributed by atoms with Gasteiger partial charge in [-0.25, -0.2) is 13.2 Å². The minimum Gasteiger partial charge on any atom is -0.497 e. The summed E-state index contributed by atoms with van der Waals surface area (Å²) >= 11 is 0. The predicted octanol–water partition coefficient (Wildman–Crippen LogP) is 1.77. The number of nitrogens with zero attached hydrogens (tertiary/aromatic N) is 2. The van der Waals surface area contributed by atoms with E-state index < -0.39 is 33.2 Å². The van der Waals surface area contributed by atoms with Crippen LogP contribution in [-0.4, -0.2) is 36.6 Å². The van der Waals surface area contributed by atoms with E-state index in [9.17, 15) is 22.8 Å². The fraction of sp³-hybridized carbons (Fsp3) is 0.192. The van der Waals surface area contributed by atoms with E-state index in [1.165, 1.54) is 44.0 Å². The highest BCUT2D eigenvalue weighted by atomic mass is 32.2. The van der Waals surface area contributed by atoms with E-state index in [0.717, 1.165) is 10.1 Å². The Morgan fingerprint density at radius 3 is 2.27 bits per heavy atom. The molecule has 0 bridgehead atoms. The molecule has 1 atom stereocenters. The third-order valence-electron chi connectivity index (χ3n) is 6.00. The first-order chi connectivity index (χ1) is 17.6. The minimum atomic E-state index is -4.24. The molecule has 1 aromatic heterocycles. The molecule has 4 rings (SSSR count). The highest BCUT2D eigenvalue weighted by molar-refractivity contribution is 7.89. The Hall–Kier alpha value is -4.22. The van der Waals surface area contributed by atoms with Crippen molar-refractivity contribution in [3.8, 4) is 5.75 Å². The van der Waals surface area contributed by atoms with Crippen molar-refractivity contribution >= 4 is 32.5 Å². The van der Waals surface area contributed by atoms with Crippen LogP contribution >= 0.6 is 0 Å². The quantitative estimate of drug-likeness (QED) is 0.363. The SMILES string of the molecule is COc1ccc(NC(=O)[C@H](Cc2ccccc2)NS(=O)(=O)c2ccc3c(c2)c(=O)n(C)c(=O)n3C)cc1. The maximum atomic E-state index is 13.4. The maximum Gasteiger partial charge on any atom is 0.330 e. The van der Waals surface area contributed by atoms with E-state index >= 15 is 0 Å². The summed E-state index contributed by atoms with van der Waals surface area (Å²) in [7, 11) is 0.109. The Labute approximate surface area is 213 Å². The summed E-state index contributed by atoms with van der Waals surface area (Å²) in [6.45, 7) is 0. The van der Waals surface area contributed by atoms with Gasteiger partial charge in [0.05, 0.1) is 22.9 Å². The average molecular weight is 523 g/mol. The molecule has 0 radical (unpaired) electrons. The molecule has 0 aliphatic rings. The van der Waals surface area contributed by atoms with E-state index in [1.54, 1.807) is 48.5 Å². The Morgan fingerprint density at radius 1 is 0.946 bits per heavy atom. The van der Waals surface area contributed by atoms with Gasteiger partial charge in [0.1, 0.15) is 11.8 Å². The Bertz CT molecular complexity index is 1680. The smallest absolute Gasteiger partial charge is 0.330 e. The van der Waals surface area contributed by atoms with E-state index in [4.69, 9.17) is 4.74 Å². The van der Waals surface area contributed by atoms with E-state index in [2.05, 4.69) is 10.0 Å². The van der Waals surface area contributed by atoms with Gasteiger partial charge in [-0.05, 0) is 54.4 Å². The predicted molar refractivity (Wildman–Crippen MR) is 140 cm³/mol. The number of anilines is 1. The lowest BCUT2D eigenvalue weighted by Gasteiger charge is -2.19. The standard InChI is InChI=1S/C26H26N4O6S/c1-29-23-14-13-20(16-21(23)25(32)30(2)26(29)33)37(34,35)28-22(15-17-7-5-4-6-8-17)24(31)27-18-9-11-19(36-3)12-10-18/h4-14,16,22,28H,15H2,1-3H3,(H,27,31)/t22-/m0/s1. The van der Waals surface area contributed by atoms with Gasteiger partial charge >= 0.3 is 5.69 Å². The summed E-state index contributed by atoms with van der Waals surface area (Å²) in [4.78, 5) is 37.9. The molecule has 37 heavy (non-hydrogen) atoms. The van der Waals surface area contributed by atoms with Crippen LogP contribution in [0.15, 0.2) is 87.3 Å². The fourth-order valence-corrected chi connectivity index (χ4v) is 5.16. The molecule has 1 heterocycles. The van der Waals surface area contributed by atoms with Crippen LogP contribution in [0.5, 0.6) is 5.75 Å². The highest BCUT2D eigenvalue weighted by Crippen LogP contribution is 2.18. The fourth-order valence-electron chi connectivity index (χ4n) is 3.94. The first kappa shape index (κ1) is 25.9. The molecule has 0 saturated carbocycles. The Balaban J connectivity index is 1.68. The van der Waals surface area contributed by atoms with Crippen molar-refractivity contribution in [2.24, 2.45) is 14.1 Å². The molecule has 4 aromatic rings. The van der Waals surface area contributed by atoms with Crippen molar-refractivity contribution in [2.75, 3.05) is 12.4 Å². The van der Waals surface area contributed by atoms with Crippen molar-refractivity contribution in [1.29, 1.82) is 0 Å². The normalized spacial score (nSPS) is 12.3. The van der Waals surface area contributed by atoms with E-state index in [0.29, 0.717) is 17.0 Å². The number of benzene rings is 3. The van der Waals surface area contributed by atoms with Gasteiger partial charge < -0.3 is 10.1 Å². The third kappa shape index (κ3) is 5.47. The van der Waals surface area contributed by atoms with Crippen LogP contribution in [0.3, 0.4) is 0 Å². The number of nitrogens with one attached hydrogen (secondary N) is 2. The molecule has 0 fully saturated rings. The van der Waals surface area contributed by atoms with Crippen molar-refractivity contribution in [2.45, 2.75) is 17.4 Å². The molecule has 2 N–H and O–H groups in total. The largest absolute Gasteiger partial charge is 0.497 e. The van der Waals surface area contributed by atoms with E-state index in [-0.39, 0.29) is 16.7 Å². The lowest BCUT2D eigenvalue weighted by molar-refractivity contribution is -0.117. The average Bonchev–Trinajstić information content (AvgIpc) is 2.90. The van der Waals surface area contributed by atoms with Crippen LogP contribution in [0.25, 0.3) is 10.9 Å². The second kappa shape index (κ2) is 10.4. The first-order valence-electron chi connectivity index (χ1n) is 11.3. The molecule has 11 heteroatoms. The molecule has 0 aliphatic heterocycles. The minimum absolute atomic E-state index is 0.0646. The summed E-state index contributed by atoms with van der Waals surface area (Å²) in [5, 5.41) is 2.80. The number of hydrogen-bond donors (Lipinski definition) is 2. The van der Waals surface area contributed by atoms with Crippen LogP contribution in [-0.2, 0) is 35.3 Å². The van der Waals surface area contributed by atoms with Gasteiger partial charge in [0.15, 0.2) is 0 Å². The number of methoxy groups -OCH3 is 1. The zero-order valence-electron chi connectivity index (χ0n) is 20.5. The zero-order chi connectivity index (χ0) is 26.7. The summed E-state index contributed by atoms with van der Waals surface area (Å²) in [5.41, 5.74) is 0.378. The Kier molecular flexibility index (Phi) is 7.28. The van der Waals surface area contributed by atoms with Gasteiger partial charge in [0.25, 0.3) is 5.56 Å². The maximum absolute atomic E-state index is 13.4. The van der Waals surface area contributed by atoms with Gasteiger partial charge in [-0.3, -0.25) is 18.7 Å². The second-order valence-electron chi connectivity index (χ2n) is 8.47. The number of fused-ring (bicyclic) bond motifs is 1. The number of hydrogen-bond acceptors (Lipinski definition) is 6. The lowest BCUT2D eigenvalue weighted by Crippen LogP contribution is -2.45. The summed E-state index contributed by atoms with van der Waals surface area (Å²) in [5.74, 6) is 0.0520. The van der Waals surface area contributed by atoms with Crippen LogP contribution < -0.4 is 26.0 Å². The summed E-state index contributed by atoms with van der Waals surface area (Å²) < 4.78 is 36.5. The molecular weight excluding hydrogens is 496 g/mol. The first-order valence-corrected chi connectivity index (χ1v) is 12.8. The third-order valence-corrected chi connectivity index (χ3v) is 7.47. The van der Waals surface area contributed by atoms with Crippen LogP contribution in [0, 0.1) is 0 Å². The van der Waals surface area contributed by atoms with Crippen LogP contribution in [0.1, 0.15) is 5.56 Å². The van der Waals surface area contributed by atoms with Crippen molar-refractivity contribution in [1.82, 2.24) is 13.9 Å². The zero-order valence-corrected chi connectivity index (χ0v) is 21.3. The number of aromatic nitrogens is 2. The molecule has 0 unspecified atom stereocenters. The number of carbonyl (C=O) groups is 1. The molecule has 10 nitrogen and oxygen atoms in total. The number of sulfonamides is 1. The van der Waals surface area contributed by atoms with Gasteiger partial charge in [-0.2, -0.15) is 4.72 Å². The molecule has 1 amide bonds. The number of aryl methyl sites for hydroxylation is 1. The lowest BCUT2D eigenvalue weighted by atomic mass is 10.1. The van der Waals surface area contributed by atoms with Crippen LogP contribution in [0.4, 0.5) is 5.69 Å². The molecule has 3 aromatic carbocycles. The summed E-state index contributed by atoms with van der Waals surface area (Å²) in [6.07, 6.45) is 0.0892. The summed E-state index contributed by atoms with van der Waals surface area (Å²) in [6, 6.07) is 18.4. The van der Waals surface area contributed by atoms with Crippen molar-refractivity contribution in [3.63, 3.8) is 0 Å². The monoisotopic (exact) mass is 522 g/mol. The Morgan fingerprint density at radius 2 is 1.62 bits per heavy atom. The highest BCUT2D eigenvalue weighted by Gasteiger charge is 2.27. The van der Waals surface area contributed by atoms with Gasteiger partial charge in [-0.1, -0.05) is 30.3 Å². The van der Waals surface area contributed by atoms with Crippen LogP contribution in [0.2, 0.25) is 0 Å². The second-order valence-corrected chi connectivity index (χ2v) is 10.2. The molecule has 0 saturated heterocycles. The topological polar surface area (TPSA) is 128 Å². The molecular formula is C26H26N4O6S. The number of rotatable bonds is 8. The molecule has 0 aliphatic carbocycles. The molecule has 0 spiro atoms. The van der Waals surface area contributed by atoms with Crippen molar-refractivity contribution < 1.29 is 17.9 Å². The van der Waals surface area contributed by atoms with Gasteiger partial charge in [0, 0.05) is 19.8 Å². The number of carbonyl (C=O) groups excluding carboxylic acids is 1.